The van der Waals surface area contributed by atoms with Gasteiger partial charge in [0.15, 0.2) is 0 Å². The molecule has 0 radical (unpaired) electrons. The van der Waals surface area contributed by atoms with Crippen molar-refractivity contribution in [1.82, 2.24) is 4.90 Å². The van der Waals surface area contributed by atoms with Crippen LogP contribution in [0, 0.1) is 19.8 Å². The zero-order valence-corrected chi connectivity index (χ0v) is 14.7. The number of nitrogens with two attached hydrogens (primary N) is 1. The van der Waals surface area contributed by atoms with Crippen molar-refractivity contribution in [2.75, 3.05) is 33.3 Å². The molecule has 0 spiro atoms. The summed E-state index contributed by atoms with van der Waals surface area (Å²) in [5.74, 6) is 2.10. The number of piperidine rings is 1. The van der Waals surface area contributed by atoms with Crippen molar-refractivity contribution in [1.29, 1.82) is 0 Å². The molecule has 0 aromatic heterocycles. The molecule has 1 aliphatic rings. The summed E-state index contributed by atoms with van der Waals surface area (Å²) < 4.78 is 5.65. The van der Waals surface area contributed by atoms with Crippen LogP contribution in [0.1, 0.15) is 48.8 Å². The predicted molar refractivity (Wildman–Crippen MR) is 93.7 cm³/mol. The lowest BCUT2D eigenvalue weighted by molar-refractivity contribution is 0.168. The van der Waals surface area contributed by atoms with Crippen LogP contribution in [-0.4, -0.2) is 38.2 Å². The second-order valence-electron chi connectivity index (χ2n) is 6.70. The summed E-state index contributed by atoms with van der Waals surface area (Å²) in [6.45, 7) is 10.9. The highest BCUT2D eigenvalue weighted by Gasteiger charge is 2.28. The summed E-state index contributed by atoms with van der Waals surface area (Å²) in [6, 6.07) is 4.46. The van der Waals surface area contributed by atoms with Gasteiger partial charge in [-0.3, -0.25) is 0 Å². The van der Waals surface area contributed by atoms with E-state index in [0.29, 0.717) is 18.4 Å². The molecule has 3 nitrogen and oxygen atoms in total. The fraction of sp³-hybridized carbons (Fsp3) is 0.684. The Morgan fingerprint density at radius 1 is 1.23 bits per heavy atom. The average Bonchev–Trinajstić information content (AvgIpc) is 2.53. The van der Waals surface area contributed by atoms with Gasteiger partial charge in [0.2, 0.25) is 0 Å². The molecule has 1 aromatic rings. The first-order valence-corrected chi connectivity index (χ1v) is 8.68. The largest absolute Gasteiger partial charge is 0.496 e. The molecule has 1 heterocycles. The van der Waals surface area contributed by atoms with E-state index in [1.807, 2.05) is 0 Å². The van der Waals surface area contributed by atoms with Crippen LogP contribution in [-0.2, 0) is 0 Å². The number of rotatable bonds is 6. The number of likely N-dealkylation sites (tertiary alicyclic amines) is 1. The van der Waals surface area contributed by atoms with Crippen LogP contribution in [0.5, 0.6) is 5.75 Å². The molecule has 1 aromatic carbocycles. The lowest BCUT2D eigenvalue weighted by Crippen LogP contribution is -2.37. The molecule has 1 atom stereocenters. The van der Waals surface area contributed by atoms with Gasteiger partial charge in [0, 0.05) is 5.92 Å². The van der Waals surface area contributed by atoms with Gasteiger partial charge in [-0.25, -0.2) is 0 Å². The first kappa shape index (κ1) is 17.3. The molecule has 1 unspecified atom stereocenters. The molecular formula is C19H32N2O. The molecule has 22 heavy (non-hydrogen) atoms. The fourth-order valence-corrected chi connectivity index (χ4v) is 3.75. The fourth-order valence-electron chi connectivity index (χ4n) is 3.75. The monoisotopic (exact) mass is 304 g/mol. The van der Waals surface area contributed by atoms with E-state index in [4.69, 9.17) is 10.5 Å². The number of methoxy groups -OCH3 is 1. The summed E-state index contributed by atoms with van der Waals surface area (Å²) in [4.78, 5) is 2.59. The molecule has 0 bridgehead atoms. The first-order valence-electron chi connectivity index (χ1n) is 8.68. The summed E-state index contributed by atoms with van der Waals surface area (Å²) in [7, 11) is 1.77. The molecule has 1 saturated heterocycles. The summed E-state index contributed by atoms with van der Waals surface area (Å²) in [6.07, 6.45) is 3.74. The van der Waals surface area contributed by atoms with Crippen molar-refractivity contribution in [3.63, 3.8) is 0 Å². The van der Waals surface area contributed by atoms with Crippen LogP contribution in [0.4, 0.5) is 0 Å². The maximum absolute atomic E-state index is 6.17. The van der Waals surface area contributed by atoms with Crippen LogP contribution in [0.15, 0.2) is 12.1 Å². The third kappa shape index (κ3) is 3.82. The van der Waals surface area contributed by atoms with Gasteiger partial charge < -0.3 is 15.4 Å². The number of hydrogen-bond acceptors (Lipinski definition) is 3. The number of nitrogens with zero attached hydrogens (tertiary/aromatic N) is 1. The topological polar surface area (TPSA) is 38.5 Å². The third-order valence-corrected chi connectivity index (χ3v) is 5.24. The van der Waals surface area contributed by atoms with Crippen molar-refractivity contribution in [3.8, 4) is 5.75 Å². The molecule has 2 rings (SSSR count). The van der Waals surface area contributed by atoms with Gasteiger partial charge in [0.05, 0.1) is 7.11 Å². The highest BCUT2D eigenvalue weighted by atomic mass is 16.5. The van der Waals surface area contributed by atoms with E-state index < -0.39 is 0 Å². The van der Waals surface area contributed by atoms with E-state index in [0.717, 1.165) is 5.75 Å². The Morgan fingerprint density at radius 3 is 2.41 bits per heavy atom. The average molecular weight is 304 g/mol. The van der Waals surface area contributed by atoms with Gasteiger partial charge in [-0.05, 0) is 88.0 Å². The number of ether oxygens (including phenoxy) is 1. The summed E-state index contributed by atoms with van der Waals surface area (Å²) in [5, 5.41) is 0. The SMILES string of the molecule is CCCN1CCC(C(CN)c2cc(C)c(C)cc2OC)CC1. The maximum atomic E-state index is 6.17. The van der Waals surface area contributed by atoms with Gasteiger partial charge >= 0.3 is 0 Å². The standard InChI is InChI=1S/C19H32N2O/c1-5-8-21-9-6-16(7-10-21)18(13-20)17-11-14(2)15(3)12-19(17)22-4/h11-12,16,18H,5-10,13,20H2,1-4H3. The number of hydrogen-bond donors (Lipinski definition) is 1. The highest BCUT2D eigenvalue weighted by Crippen LogP contribution is 2.37. The molecule has 0 aliphatic carbocycles. The minimum atomic E-state index is 0.415. The zero-order chi connectivity index (χ0) is 16.1. The molecule has 2 N–H and O–H groups in total. The Kier molecular flexibility index (Phi) is 6.27. The lowest BCUT2D eigenvalue weighted by Gasteiger charge is -2.36. The van der Waals surface area contributed by atoms with Gasteiger partial charge in [0.25, 0.3) is 0 Å². The molecule has 3 heteroatoms. The first-order chi connectivity index (χ1) is 10.6. The predicted octanol–water partition coefficient (Wildman–Crippen LogP) is 3.48. The van der Waals surface area contributed by atoms with E-state index in [1.54, 1.807) is 7.11 Å². The Hall–Kier alpha value is -1.06. The Balaban J connectivity index is 2.17. The summed E-state index contributed by atoms with van der Waals surface area (Å²) in [5.41, 5.74) is 10.1. The van der Waals surface area contributed by atoms with Crippen molar-refractivity contribution in [2.45, 2.75) is 46.0 Å². The van der Waals surface area contributed by atoms with Gasteiger partial charge in [-0.2, -0.15) is 0 Å². The van der Waals surface area contributed by atoms with Gasteiger partial charge in [-0.1, -0.05) is 13.0 Å². The van der Waals surface area contributed by atoms with E-state index in [-0.39, 0.29) is 0 Å². The van der Waals surface area contributed by atoms with Crippen LogP contribution in [0.3, 0.4) is 0 Å². The lowest BCUT2D eigenvalue weighted by atomic mass is 9.79. The minimum absolute atomic E-state index is 0.415. The second-order valence-corrected chi connectivity index (χ2v) is 6.70. The van der Waals surface area contributed by atoms with Crippen LogP contribution in [0.25, 0.3) is 0 Å². The van der Waals surface area contributed by atoms with Gasteiger partial charge in [0.1, 0.15) is 5.75 Å². The Labute approximate surface area is 135 Å². The Morgan fingerprint density at radius 2 is 1.86 bits per heavy atom. The van der Waals surface area contributed by atoms with E-state index in [2.05, 4.69) is 37.8 Å². The molecule has 0 amide bonds. The number of benzene rings is 1. The molecule has 1 aliphatic heterocycles. The molecular weight excluding hydrogens is 272 g/mol. The van der Waals surface area contributed by atoms with E-state index in [1.165, 1.54) is 55.6 Å². The van der Waals surface area contributed by atoms with Gasteiger partial charge in [-0.15, -0.1) is 0 Å². The van der Waals surface area contributed by atoms with Crippen LogP contribution >= 0.6 is 0 Å². The highest BCUT2D eigenvalue weighted by molar-refractivity contribution is 5.44. The zero-order valence-electron chi connectivity index (χ0n) is 14.7. The number of aryl methyl sites for hydroxylation is 2. The molecule has 124 valence electrons. The maximum Gasteiger partial charge on any atom is 0.122 e. The second kappa shape index (κ2) is 7.98. The quantitative estimate of drug-likeness (QED) is 0.874. The van der Waals surface area contributed by atoms with Crippen molar-refractivity contribution < 1.29 is 4.74 Å². The van der Waals surface area contributed by atoms with E-state index >= 15 is 0 Å². The normalized spacial score (nSPS) is 18.4. The Bertz CT molecular complexity index is 479. The third-order valence-electron chi connectivity index (χ3n) is 5.24. The van der Waals surface area contributed by atoms with Crippen LogP contribution in [0.2, 0.25) is 0 Å². The smallest absolute Gasteiger partial charge is 0.122 e. The minimum Gasteiger partial charge on any atom is -0.496 e. The van der Waals surface area contributed by atoms with Crippen molar-refractivity contribution in [2.24, 2.45) is 11.7 Å². The molecule has 0 saturated carbocycles. The molecule has 1 fully saturated rings. The van der Waals surface area contributed by atoms with Crippen molar-refractivity contribution in [3.05, 3.63) is 28.8 Å². The van der Waals surface area contributed by atoms with Crippen molar-refractivity contribution >= 4 is 0 Å². The summed E-state index contributed by atoms with van der Waals surface area (Å²) >= 11 is 0. The van der Waals surface area contributed by atoms with E-state index in [9.17, 15) is 0 Å². The van der Waals surface area contributed by atoms with Crippen LogP contribution < -0.4 is 10.5 Å².